The molecule has 0 aromatic heterocycles. The van der Waals surface area contributed by atoms with E-state index < -0.39 is 0 Å². The van der Waals surface area contributed by atoms with Crippen LogP contribution in [-0.2, 0) is 0 Å². The van der Waals surface area contributed by atoms with Crippen molar-refractivity contribution in [2.45, 2.75) is 19.7 Å². The maximum absolute atomic E-state index is 5.01. The molecule has 0 aliphatic carbocycles. The van der Waals surface area contributed by atoms with E-state index in [1.165, 1.54) is 0 Å². The molecule has 2 heteroatoms. The Morgan fingerprint density at radius 1 is 1.80 bits per heavy atom. The van der Waals surface area contributed by atoms with Gasteiger partial charge in [-0.1, -0.05) is 19.7 Å². The lowest BCUT2D eigenvalue weighted by atomic mass is 9.90. The summed E-state index contributed by atoms with van der Waals surface area (Å²) in [7, 11) is 1.68. The molecule has 0 atom stereocenters. The van der Waals surface area contributed by atoms with Crippen molar-refractivity contribution >= 4 is 7.41 Å². The van der Waals surface area contributed by atoms with Crippen LogP contribution in [0.5, 0.6) is 0 Å². The van der Waals surface area contributed by atoms with E-state index in [0.29, 0.717) is 0 Å². The molecule has 0 saturated heterocycles. The minimum atomic E-state index is 1.04. The highest BCUT2D eigenvalue weighted by Crippen LogP contribution is 1.77. The van der Waals surface area contributed by atoms with Gasteiger partial charge in [-0.05, 0) is 0 Å². The zero-order valence-corrected chi connectivity index (χ0v) is 3.57. The van der Waals surface area contributed by atoms with Crippen LogP contribution in [-0.4, -0.2) is 7.41 Å². The van der Waals surface area contributed by atoms with Gasteiger partial charge in [0.25, 0.3) is 0 Å². The second-order valence-electron chi connectivity index (χ2n) is 1.02. The molecule has 29 valence electrons. The van der Waals surface area contributed by atoms with E-state index in [1.54, 1.807) is 7.41 Å². The molecule has 0 amide bonds. The van der Waals surface area contributed by atoms with Crippen molar-refractivity contribution in [3.63, 3.8) is 0 Å². The molecule has 0 aromatic rings. The standard InChI is InChI=1S/C3H9BN/c1-2-3-4-5/h2-3,5H2,1H3. The molecule has 5 heavy (non-hydrogen) atoms. The Labute approximate surface area is 33.8 Å². The fourth-order valence-corrected chi connectivity index (χ4v) is 0.167. The van der Waals surface area contributed by atoms with Crippen LogP contribution in [0, 0.1) is 0 Å². The summed E-state index contributed by atoms with van der Waals surface area (Å²) in [6.07, 6.45) is 2.20. The molecule has 0 aliphatic heterocycles. The van der Waals surface area contributed by atoms with Gasteiger partial charge in [-0.25, -0.2) is 0 Å². The van der Waals surface area contributed by atoms with Gasteiger partial charge < -0.3 is 5.64 Å². The van der Waals surface area contributed by atoms with Gasteiger partial charge >= 0.3 is 0 Å². The third-order valence-corrected chi connectivity index (χ3v) is 0.455. The Bertz CT molecular complexity index is 14.4. The van der Waals surface area contributed by atoms with Gasteiger partial charge in [-0.2, -0.15) is 0 Å². The SMILES string of the molecule is CCC[B]N. The Hall–Kier alpha value is 0.0249. The van der Waals surface area contributed by atoms with E-state index in [4.69, 9.17) is 5.64 Å². The lowest BCUT2D eigenvalue weighted by Gasteiger charge is -1.76. The summed E-state index contributed by atoms with van der Waals surface area (Å²) in [6.45, 7) is 2.10. The van der Waals surface area contributed by atoms with Crippen LogP contribution in [0.3, 0.4) is 0 Å². The molecule has 0 rings (SSSR count). The van der Waals surface area contributed by atoms with Gasteiger partial charge in [-0.3, -0.25) is 0 Å². The first-order valence-corrected chi connectivity index (χ1v) is 1.95. The van der Waals surface area contributed by atoms with E-state index in [-0.39, 0.29) is 0 Å². The lowest BCUT2D eigenvalue weighted by molar-refractivity contribution is 1.07. The number of nitrogens with two attached hydrogens (primary N) is 1. The molecule has 0 aromatic carbocycles. The van der Waals surface area contributed by atoms with Crippen molar-refractivity contribution in [3.8, 4) is 0 Å². The molecule has 0 heterocycles. The normalized spacial score (nSPS) is 7.60. The van der Waals surface area contributed by atoms with E-state index in [0.717, 1.165) is 12.7 Å². The predicted octanol–water partition coefficient (Wildman–Crippen LogP) is 0.393. The van der Waals surface area contributed by atoms with Crippen LogP contribution in [0.25, 0.3) is 0 Å². The zero-order valence-electron chi connectivity index (χ0n) is 3.57. The van der Waals surface area contributed by atoms with Gasteiger partial charge in [0.05, 0.1) is 0 Å². The maximum atomic E-state index is 5.01. The average Bonchev–Trinajstić information content (AvgIpc) is 1.41. The van der Waals surface area contributed by atoms with Crippen LogP contribution in [0.1, 0.15) is 13.3 Å². The lowest BCUT2D eigenvalue weighted by Crippen LogP contribution is -2.01. The third-order valence-electron chi connectivity index (χ3n) is 0.455. The summed E-state index contributed by atoms with van der Waals surface area (Å²) >= 11 is 0. The van der Waals surface area contributed by atoms with Crippen LogP contribution in [0.4, 0.5) is 0 Å². The molecular formula is C3H9BN. The maximum Gasteiger partial charge on any atom is 0.202 e. The highest BCUT2D eigenvalue weighted by Gasteiger charge is 1.72. The van der Waals surface area contributed by atoms with E-state index in [2.05, 4.69) is 6.92 Å². The molecule has 0 spiro atoms. The first kappa shape index (κ1) is 5.02. The first-order chi connectivity index (χ1) is 2.41. The summed E-state index contributed by atoms with van der Waals surface area (Å²) in [6, 6.07) is 0. The Balaban J connectivity index is 2.19. The second-order valence-corrected chi connectivity index (χ2v) is 1.02. The highest BCUT2D eigenvalue weighted by molar-refractivity contribution is 6.30. The Morgan fingerprint density at radius 2 is 2.40 bits per heavy atom. The van der Waals surface area contributed by atoms with Crippen LogP contribution >= 0.6 is 0 Å². The van der Waals surface area contributed by atoms with Crippen LogP contribution in [0.2, 0.25) is 6.32 Å². The second kappa shape index (κ2) is 4.02. The van der Waals surface area contributed by atoms with Crippen molar-refractivity contribution < 1.29 is 0 Å². The fraction of sp³-hybridized carbons (Fsp3) is 1.00. The minimum Gasteiger partial charge on any atom is -0.374 e. The molecular weight excluding hydrogens is 60.9 g/mol. The molecule has 0 bridgehead atoms. The van der Waals surface area contributed by atoms with Gasteiger partial charge in [0.15, 0.2) is 0 Å². The van der Waals surface area contributed by atoms with Crippen molar-refractivity contribution in [1.82, 2.24) is 0 Å². The highest BCUT2D eigenvalue weighted by atomic mass is 14.3. The van der Waals surface area contributed by atoms with E-state index >= 15 is 0 Å². The molecule has 2 N–H and O–H groups in total. The molecule has 0 unspecified atom stereocenters. The minimum absolute atomic E-state index is 1.04. The first-order valence-electron chi connectivity index (χ1n) is 1.95. The fourth-order valence-electron chi connectivity index (χ4n) is 0.167. The zero-order chi connectivity index (χ0) is 4.12. The summed E-state index contributed by atoms with van der Waals surface area (Å²) < 4.78 is 0. The number of hydrogen-bond donors (Lipinski definition) is 1. The molecule has 0 fully saturated rings. The van der Waals surface area contributed by atoms with Crippen molar-refractivity contribution in [2.75, 3.05) is 0 Å². The predicted molar refractivity (Wildman–Crippen MR) is 25.0 cm³/mol. The Morgan fingerprint density at radius 3 is 2.40 bits per heavy atom. The summed E-state index contributed by atoms with van der Waals surface area (Å²) in [4.78, 5) is 0. The van der Waals surface area contributed by atoms with Gasteiger partial charge in [0.1, 0.15) is 0 Å². The van der Waals surface area contributed by atoms with E-state index in [9.17, 15) is 0 Å². The van der Waals surface area contributed by atoms with Gasteiger partial charge in [-0.15, -0.1) is 0 Å². The summed E-state index contributed by atoms with van der Waals surface area (Å²) in [5.74, 6) is 0. The summed E-state index contributed by atoms with van der Waals surface area (Å²) in [5.41, 5.74) is 5.01. The molecule has 1 radical (unpaired) electrons. The van der Waals surface area contributed by atoms with Crippen molar-refractivity contribution in [1.29, 1.82) is 0 Å². The van der Waals surface area contributed by atoms with Gasteiger partial charge in [0, 0.05) is 0 Å². The molecule has 0 saturated carbocycles. The van der Waals surface area contributed by atoms with Crippen molar-refractivity contribution in [2.24, 2.45) is 5.64 Å². The monoisotopic (exact) mass is 70.1 g/mol. The Kier molecular flexibility index (Phi) is 4.05. The third kappa shape index (κ3) is 4.02. The van der Waals surface area contributed by atoms with Crippen LogP contribution in [0.15, 0.2) is 0 Å². The topological polar surface area (TPSA) is 26.0 Å². The quantitative estimate of drug-likeness (QED) is 0.467. The molecule has 1 nitrogen and oxygen atoms in total. The van der Waals surface area contributed by atoms with E-state index in [1.807, 2.05) is 0 Å². The summed E-state index contributed by atoms with van der Waals surface area (Å²) in [5, 5.41) is 0. The van der Waals surface area contributed by atoms with Crippen LogP contribution < -0.4 is 5.64 Å². The van der Waals surface area contributed by atoms with Crippen molar-refractivity contribution in [3.05, 3.63) is 0 Å². The average molecular weight is 69.9 g/mol. The number of rotatable bonds is 2. The largest absolute Gasteiger partial charge is 0.374 e. The van der Waals surface area contributed by atoms with Gasteiger partial charge in [0.2, 0.25) is 7.41 Å². The smallest absolute Gasteiger partial charge is 0.202 e. The molecule has 0 aliphatic rings. The number of hydrogen-bond acceptors (Lipinski definition) is 1.